The van der Waals surface area contributed by atoms with Gasteiger partial charge in [0.1, 0.15) is 0 Å². The minimum Gasteiger partial charge on any atom is -0.241 e. The molecule has 0 aromatic carbocycles. The van der Waals surface area contributed by atoms with Crippen molar-refractivity contribution < 1.29 is 13.2 Å². The SMILES string of the molecule is C=NC(=NC=C(C)C)C(F)(F)F. The largest absolute Gasteiger partial charge is 0.451 e. The minimum absolute atomic E-state index is 0.667. The molecule has 0 rings (SSSR count). The second-order valence-corrected chi connectivity index (χ2v) is 2.32. The molecule has 0 bridgehead atoms. The molecule has 0 heterocycles. The van der Waals surface area contributed by atoms with Crippen molar-refractivity contribution in [3.8, 4) is 0 Å². The number of halogens is 3. The van der Waals surface area contributed by atoms with Gasteiger partial charge in [-0.1, -0.05) is 5.57 Å². The Morgan fingerprint density at radius 3 is 2.08 bits per heavy atom. The van der Waals surface area contributed by atoms with Crippen LogP contribution in [0.25, 0.3) is 0 Å². The van der Waals surface area contributed by atoms with Crippen LogP contribution in [-0.2, 0) is 0 Å². The van der Waals surface area contributed by atoms with Crippen molar-refractivity contribution in [1.82, 2.24) is 0 Å². The van der Waals surface area contributed by atoms with E-state index in [-0.39, 0.29) is 0 Å². The average molecular weight is 178 g/mol. The molecule has 0 atom stereocenters. The van der Waals surface area contributed by atoms with Gasteiger partial charge in [0.25, 0.3) is 0 Å². The molecule has 0 aliphatic rings. The summed E-state index contributed by atoms with van der Waals surface area (Å²) < 4.78 is 35.6. The van der Waals surface area contributed by atoms with E-state index in [2.05, 4.69) is 16.7 Å². The Balaban J connectivity index is 4.68. The molecule has 0 aliphatic carbocycles. The van der Waals surface area contributed by atoms with E-state index in [1.165, 1.54) is 0 Å². The van der Waals surface area contributed by atoms with Gasteiger partial charge in [-0.15, -0.1) is 0 Å². The van der Waals surface area contributed by atoms with Gasteiger partial charge in [-0.3, -0.25) is 0 Å². The quantitative estimate of drug-likeness (QED) is 0.435. The summed E-state index contributed by atoms with van der Waals surface area (Å²) in [7, 11) is 0. The van der Waals surface area contributed by atoms with Gasteiger partial charge in [0.05, 0.1) is 0 Å². The number of alkyl halides is 3. The molecule has 0 aromatic rings. The molecule has 5 heteroatoms. The van der Waals surface area contributed by atoms with Crippen LogP contribution < -0.4 is 0 Å². The average Bonchev–Trinajstić information content (AvgIpc) is 1.85. The van der Waals surface area contributed by atoms with Gasteiger partial charge in [0.15, 0.2) is 0 Å². The van der Waals surface area contributed by atoms with Crippen LogP contribution in [0.3, 0.4) is 0 Å². The number of amidine groups is 1. The van der Waals surface area contributed by atoms with Crippen LogP contribution in [0.4, 0.5) is 13.2 Å². The molecule has 0 unspecified atom stereocenters. The van der Waals surface area contributed by atoms with E-state index in [0.717, 1.165) is 6.20 Å². The molecule has 2 nitrogen and oxygen atoms in total. The van der Waals surface area contributed by atoms with E-state index in [9.17, 15) is 13.2 Å². The second-order valence-electron chi connectivity index (χ2n) is 2.32. The predicted octanol–water partition coefficient (Wildman–Crippen LogP) is 2.57. The van der Waals surface area contributed by atoms with Crippen LogP contribution in [0.5, 0.6) is 0 Å². The third-order valence-corrected chi connectivity index (χ3v) is 0.848. The van der Waals surface area contributed by atoms with Crippen LogP contribution in [0.2, 0.25) is 0 Å². The second kappa shape index (κ2) is 4.04. The molecule has 68 valence electrons. The van der Waals surface area contributed by atoms with E-state index in [0.29, 0.717) is 5.57 Å². The number of allylic oxidation sites excluding steroid dienone is 1. The van der Waals surface area contributed by atoms with E-state index >= 15 is 0 Å². The molecule has 0 saturated carbocycles. The highest BCUT2D eigenvalue weighted by atomic mass is 19.4. The molecule has 0 aliphatic heterocycles. The number of rotatable bonds is 1. The maximum absolute atomic E-state index is 11.9. The highest BCUT2D eigenvalue weighted by molar-refractivity contribution is 5.91. The molecule has 0 radical (unpaired) electrons. The van der Waals surface area contributed by atoms with Gasteiger partial charge in [0, 0.05) is 6.20 Å². The first-order valence-electron chi connectivity index (χ1n) is 3.13. The normalized spacial score (nSPS) is 12.6. The Labute approximate surface area is 68.5 Å². The molecule has 0 fully saturated rings. The highest BCUT2D eigenvalue weighted by Crippen LogP contribution is 2.18. The van der Waals surface area contributed by atoms with Crippen LogP contribution in [0.1, 0.15) is 13.8 Å². The topological polar surface area (TPSA) is 24.7 Å². The lowest BCUT2D eigenvalue weighted by Gasteiger charge is -2.02. The monoisotopic (exact) mass is 178 g/mol. The van der Waals surface area contributed by atoms with Gasteiger partial charge < -0.3 is 0 Å². The number of hydrogen-bond donors (Lipinski definition) is 0. The van der Waals surface area contributed by atoms with E-state index in [4.69, 9.17) is 0 Å². The van der Waals surface area contributed by atoms with E-state index < -0.39 is 12.0 Å². The maximum atomic E-state index is 11.9. The summed E-state index contributed by atoms with van der Waals surface area (Å²) in [6, 6.07) is 0. The summed E-state index contributed by atoms with van der Waals surface area (Å²) in [6.07, 6.45) is -3.43. The zero-order valence-corrected chi connectivity index (χ0v) is 6.81. The molecule has 0 aromatic heterocycles. The first kappa shape index (κ1) is 10.9. The Morgan fingerprint density at radius 1 is 1.33 bits per heavy atom. The van der Waals surface area contributed by atoms with Gasteiger partial charge in [-0.2, -0.15) is 13.2 Å². The first-order chi connectivity index (χ1) is 5.38. The molecular weight excluding hydrogens is 169 g/mol. The van der Waals surface area contributed by atoms with Crippen LogP contribution in [-0.4, -0.2) is 18.7 Å². The van der Waals surface area contributed by atoms with E-state index in [1.54, 1.807) is 13.8 Å². The summed E-state index contributed by atoms with van der Waals surface area (Å²) in [6.45, 7) is 6.05. The van der Waals surface area contributed by atoms with Crippen molar-refractivity contribution in [2.24, 2.45) is 9.98 Å². The Bertz CT molecular complexity index is 221. The van der Waals surface area contributed by atoms with Crippen molar-refractivity contribution in [3.05, 3.63) is 11.8 Å². The molecule has 0 saturated heterocycles. The van der Waals surface area contributed by atoms with Crippen LogP contribution >= 0.6 is 0 Å². The lowest BCUT2D eigenvalue weighted by molar-refractivity contribution is -0.0596. The van der Waals surface area contributed by atoms with Gasteiger partial charge >= 0.3 is 6.18 Å². The van der Waals surface area contributed by atoms with Gasteiger partial charge in [-0.05, 0) is 20.6 Å². The lowest BCUT2D eigenvalue weighted by Crippen LogP contribution is -2.20. The Kier molecular flexibility index (Phi) is 3.66. The van der Waals surface area contributed by atoms with Crippen molar-refractivity contribution in [2.75, 3.05) is 0 Å². The third-order valence-electron chi connectivity index (χ3n) is 0.848. The fourth-order valence-corrected chi connectivity index (χ4v) is 0.394. The van der Waals surface area contributed by atoms with Gasteiger partial charge in [0.2, 0.25) is 5.84 Å². The zero-order chi connectivity index (χ0) is 9.78. The lowest BCUT2D eigenvalue weighted by atomic mass is 10.4. The summed E-state index contributed by atoms with van der Waals surface area (Å²) in [5.41, 5.74) is 0.667. The number of hydrogen-bond acceptors (Lipinski definition) is 1. The standard InChI is InChI=1S/C7H9F3N2/c1-5(2)4-12-6(11-3)7(8,9)10/h4H,3H2,1-2H3. The van der Waals surface area contributed by atoms with Crippen molar-refractivity contribution in [1.29, 1.82) is 0 Å². The Morgan fingerprint density at radius 2 is 1.83 bits per heavy atom. The van der Waals surface area contributed by atoms with Crippen LogP contribution in [0, 0.1) is 0 Å². The smallest absolute Gasteiger partial charge is 0.241 e. The minimum atomic E-state index is -4.52. The molecule has 0 spiro atoms. The van der Waals surface area contributed by atoms with E-state index in [1.807, 2.05) is 0 Å². The molecule has 12 heavy (non-hydrogen) atoms. The summed E-state index contributed by atoms with van der Waals surface area (Å²) in [4.78, 5) is 5.88. The van der Waals surface area contributed by atoms with Crippen molar-refractivity contribution >= 4 is 12.6 Å². The summed E-state index contributed by atoms with van der Waals surface area (Å²) >= 11 is 0. The Hall–Kier alpha value is -1.13. The third kappa shape index (κ3) is 3.90. The molecule has 0 amide bonds. The first-order valence-corrected chi connectivity index (χ1v) is 3.13. The predicted molar refractivity (Wildman–Crippen MR) is 42.5 cm³/mol. The number of nitrogens with zero attached hydrogens (tertiary/aromatic N) is 2. The zero-order valence-electron chi connectivity index (χ0n) is 6.81. The summed E-state index contributed by atoms with van der Waals surface area (Å²) in [5.74, 6) is -1.22. The molecular formula is C7H9F3N2. The van der Waals surface area contributed by atoms with Crippen molar-refractivity contribution in [2.45, 2.75) is 20.0 Å². The highest BCUT2D eigenvalue weighted by Gasteiger charge is 2.34. The van der Waals surface area contributed by atoms with Gasteiger partial charge in [-0.25, -0.2) is 9.98 Å². The van der Waals surface area contributed by atoms with Crippen molar-refractivity contribution in [3.63, 3.8) is 0 Å². The molecule has 0 N–H and O–H groups in total. The van der Waals surface area contributed by atoms with Crippen LogP contribution in [0.15, 0.2) is 21.8 Å². The fraction of sp³-hybridized carbons (Fsp3) is 0.429. The summed E-state index contributed by atoms with van der Waals surface area (Å²) in [5, 5.41) is 0. The fourth-order valence-electron chi connectivity index (χ4n) is 0.394. The number of aliphatic imine (C=N–C) groups is 2. The maximum Gasteiger partial charge on any atom is 0.451 e.